The van der Waals surface area contributed by atoms with Crippen LogP contribution < -0.4 is 0 Å². The Morgan fingerprint density at radius 1 is 0.268 bits per heavy atom. The van der Waals surface area contributed by atoms with E-state index in [4.69, 9.17) is 14.2 Å². The maximum atomic E-state index is 12.9. The van der Waals surface area contributed by atoms with Crippen molar-refractivity contribution in [2.45, 2.75) is 374 Å². The molecule has 0 aliphatic heterocycles. The van der Waals surface area contributed by atoms with Gasteiger partial charge in [-0.25, -0.2) is 0 Å². The van der Waals surface area contributed by atoms with Crippen LogP contribution in [0.15, 0.2) is 12.2 Å². The number of carbonyl (C=O) groups is 3. The van der Waals surface area contributed by atoms with E-state index in [9.17, 15) is 14.4 Å². The molecule has 0 saturated heterocycles. The van der Waals surface area contributed by atoms with Crippen LogP contribution in [0, 0.1) is 0 Å². The van der Waals surface area contributed by atoms with Crippen molar-refractivity contribution in [3.8, 4) is 0 Å². The Bertz CT molecular complexity index is 1100. The molecule has 0 aromatic rings. The van der Waals surface area contributed by atoms with E-state index in [0.29, 0.717) is 19.3 Å². The molecule has 0 spiro atoms. The molecule has 0 N–H and O–H groups in total. The lowest BCUT2D eigenvalue weighted by Crippen LogP contribution is -2.30. The topological polar surface area (TPSA) is 78.9 Å². The molecule has 0 aliphatic rings. The minimum absolute atomic E-state index is 0.0638. The lowest BCUT2D eigenvalue weighted by Gasteiger charge is -2.18. The molecule has 6 nitrogen and oxygen atoms in total. The molecule has 0 aromatic carbocycles. The van der Waals surface area contributed by atoms with Crippen LogP contribution in [0.5, 0.6) is 0 Å². The van der Waals surface area contributed by atoms with Gasteiger partial charge < -0.3 is 14.2 Å². The number of unbranched alkanes of at least 4 members (excludes halogenated alkanes) is 47. The van der Waals surface area contributed by atoms with Gasteiger partial charge in [0.25, 0.3) is 0 Å². The molecule has 0 aromatic heterocycles. The highest BCUT2D eigenvalue weighted by Gasteiger charge is 2.19. The molecule has 0 bridgehead atoms. The molecule has 420 valence electrons. The number of rotatable bonds is 60. The maximum Gasteiger partial charge on any atom is 0.306 e. The number of hydrogen-bond donors (Lipinski definition) is 0. The predicted molar refractivity (Wildman–Crippen MR) is 307 cm³/mol. The van der Waals surface area contributed by atoms with Gasteiger partial charge >= 0.3 is 17.9 Å². The van der Waals surface area contributed by atoms with Gasteiger partial charge in [0.2, 0.25) is 0 Å². The highest BCUT2D eigenvalue weighted by atomic mass is 16.6. The highest BCUT2D eigenvalue weighted by Crippen LogP contribution is 2.18. The standard InChI is InChI=1S/C65H124O6/c1-4-7-10-13-16-19-22-24-26-28-30-32-33-34-36-37-39-41-43-46-49-52-55-58-64(67)70-61-62(60-69-63(66)57-54-51-48-45-21-18-15-12-9-6-3)71-65(68)59-56-53-50-47-44-42-40-38-35-31-29-27-25-23-20-17-14-11-8-5-2/h28,30,62H,4-27,29,31-61H2,1-3H3/b30-28-. The summed E-state index contributed by atoms with van der Waals surface area (Å²) in [7, 11) is 0. The maximum absolute atomic E-state index is 12.9. The molecule has 0 heterocycles. The predicted octanol–water partition coefficient (Wildman–Crippen LogP) is 21.7. The van der Waals surface area contributed by atoms with Gasteiger partial charge in [-0.15, -0.1) is 0 Å². The van der Waals surface area contributed by atoms with Gasteiger partial charge in [-0.05, 0) is 44.9 Å². The summed E-state index contributed by atoms with van der Waals surface area (Å²) < 4.78 is 16.9. The van der Waals surface area contributed by atoms with Crippen molar-refractivity contribution in [3.63, 3.8) is 0 Å². The van der Waals surface area contributed by atoms with Crippen molar-refractivity contribution in [2.75, 3.05) is 13.2 Å². The average Bonchev–Trinajstić information content (AvgIpc) is 3.37. The third-order valence-electron chi connectivity index (χ3n) is 14.8. The van der Waals surface area contributed by atoms with Crippen LogP contribution in [0.1, 0.15) is 367 Å². The Labute approximate surface area is 443 Å². The van der Waals surface area contributed by atoms with Crippen LogP contribution in [0.3, 0.4) is 0 Å². The van der Waals surface area contributed by atoms with Gasteiger partial charge in [0.15, 0.2) is 6.10 Å². The van der Waals surface area contributed by atoms with Crippen LogP contribution in [-0.2, 0) is 28.6 Å². The van der Waals surface area contributed by atoms with Gasteiger partial charge in [-0.3, -0.25) is 14.4 Å². The summed E-state index contributed by atoms with van der Waals surface area (Å²) in [5.74, 6) is -0.837. The largest absolute Gasteiger partial charge is 0.462 e. The molecule has 1 unspecified atom stereocenters. The van der Waals surface area contributed by atoms with E-state index >= 15 is 0 Å². The van der Waals surface area contributed by atoms with E-state index in [1.165, 1.54) is 270 Å². The van der Waals surface area contributed by atoms with Gasteiger partial charge in [0.1, 0.15) is 13.2 Å². The Morgan fingerprint density at radius 2 is 0.465 bits per heavy atom. The third-order valence-corrected chi connectivity index (χ3v) is 14.8. The molecule has 0 amide bonds. The zero-order valence-electron chi connectivity index (χ0n) is 48.3. The molecule has 6 heteroatoms. The number of esters is 3. The molecular formula is C65H124O6. The van der Waals surface area contributed by atoms with Gasteiger partial charge in [-0.1, -0.05) is 315 Å². The normalized spacial score (nSPS) is 12.0. The summed E-state index contributed by atoms with van der Waals surface area (Å²) in [5.41, 5.74) is 0. The lowest BCUT2D eigenvalue weighted by molar-refractivity contribution is -0.167. The monoisotopic (exact) mass is 1000 g/mol. The molecule has 0 fully saturated rings. The second kappa shape index (κ2) is 60.7. The van der Waals surface area contributed by atoms with Crippen molar-refractivity contribution in [2.24, 2.45) is 0 Å². The highest BCUT2D eigenvalue weighted by molar-refractivity contribution is 5.71. The summed E-state index contributed by atoms with van der Waals surface area (Å²) in [4.78, 5) is 38.2. The molecule has 0 radical (unpaired) electrons. The van der Waals surface area contributed by atoms with Crippen molar-refractivity contribution < 1.29 is 28.6 Å². The number of ether oxygens (including phenoxy) is 3. The zero-order chi connectivity index (χ0) is 51.4. The number of allylic oxidation sites excluding steroid dienone is 2. The van der Waals surface area contributed by atoms with E-state index in [-0.39, 0.29) is 31.1 Å². The Morgan fingerprint density at radius 3 is 0.704 bits per heavy atom. The second-order valence-corrected chi connectivity index (χ2v) is 22.0. The lowest BCUT2D eigenvalue weighted by atomic mass is 10.0. The Hall–Kier alpha value is -1.85. The van der Waals surface area contributed by atoms with E-state index < -0.39 is 6.10 Å². The molecule has 0 rings (SSSR count). The van der Waals surface area contributed by atoms with E-state index in [1.807, 2.05) is 0 Å². The summed E-state index contributed by atoms with van der Waals surface area (Å²) in [6.07, 6.45) is 70.9. The quantitative estimate of drug-likeness (QED) is 0.0261. The first-order valence-corrected chi connectivity index (χ1v) is 32.2. The fourth-order valence-electron chi connectivity index (χ4n) is 9.91. The van der Waals surface area contributed by atoms with E-state index in [0.717, 1.165) is 57.8 Å². The van der Waals surface area contributed by atoms with Crippen molar-refractivity contribution in [1.82, 2.24) is 0 Å². The molecule has 1 atom stereocenters. The first-order chi connectivity index (χ1) is 35.0. The molecule has 71 heavy (non-hydrogen) atoms. The van der Waals surface area contributed by atoms with Gasteiger partial charge in [-0.2, -0.15) is 0 Å². The second-order valence-electron chi connectivity index (χ2n) is 22.0. The number of carbonyl (C=O) groups excluding carboxylic acids is 3. The summed E-state index contributed by atoms with van der Waals surface area (Å²) in [6, 6.07) is 0. The van der Waals surface area contributed by atoms with E-state index in [2.05, 4.69) is 32.9 Å². The zero-order valence-corrected chi connectivity index (χ0v) is 48.3. The van der Waals surface area contributed by atoms with Gasteiger partial charge in [0, 0.05) is 19.3 Å². The first-order valence-electron chi connectivity index (χ1n) is 32.2. The third kappa shape index (κ3) is 58.9. The van der Waals surface area contributed by atoms with E-state index in [1.54, 1.807) is 0 Å². The van der Waals surface area contributed by atoms with Crippen LogP contribution in [0.25, 0.3) is 0 Å². The fraction of sp³-hybridized carbons (Fsp3) is 0.923. The van der Waals surface area contributed by atoms with Crippen LogP contribution in [0.2, 0.25) is 0 Å². The van der Waals surface area contributed by atoms with Crippen molar-refractivity contribution in [1.29, 1.82) is 0 Å². The smallest absolute Gasteiger partial charge is 0.306 e. The minimum atomic E-state index is -0.764. The number of hydrogen-bond acceptors (Lipinski definition) is 6. The SMILES string of the molecule is CCCCCCCCCC/C=C\CCCCCCCCCCCCCC(=O)OCC(COC(=O)CCCCCCCCCCCC)OC(=O)CCCCCCCCCCCCCCCCCCCCCC. The summed E-state index contributed by atoms with van der Waals surface area (Å²) >= 11 is 0. The first kappa shape index (κ1) is 69.2. The summed E-state index contributed by atoms with van der Waals surface area (Å²) in [5, 5.41) is 0. The molecular weight excluding hydrogens is 877 g/mol. The van der Waals surface area contributed by atoms with Crippen molar-refractivity contribution >= 4 is 17.9 Å². The molecule has 0 saturated carbocycles. The average molecular weight is 1000 g/mol. The van der Waals surface area contributed by atoms with Crippen LogP contribution >= 0.6 is 0 Å². The minimum Gasteiger partial charge on any atom is -0.462 e. The Kier molecular flexibility index (Phi) is 59.1. The fourth-order valence-corrected chi connectivity index (χ4v) is 9.91. The molecule has 0 aliphatic carbocycles. The Balaban J connectivity index is 4.18. The van der Waals surface area contributed by atoms with Crippen molar-refractivity contribution in [3.05, 3.63) is 12.2 Å². The van der Waals surface area contributed by atoms with Crippen LogP contribution in [-0.4, -0.2) is 37.2 Å². The van der Waals surface area contributed by atoms with Crippen LogP contribution in [0.4, 0.5) is 0 Å². The van der Waals surface area contributed by atoms with Gasteiger partial charge in [0.05, 0.1) is 0 Å². The summed E-state index contributed by atoms with van der Waals surface area (Å²) in [6.45, 7) is 6.70.